The molecule has 0 N–H and O–H groups in total. The minimum Gasteiger partial charge on any atom is -0.339 e. The van der Waals surface area contributed by atoms with Crippen molar-refractivity contribution in [2.75, 3.05) is 26.7 Å². The zero-order valence-corrected chi connectivity index (χ0v) is 14.5. The van der Waals surface area contributed by atoms with Crippen LogP contribution in [0.1, 0.15) is 41.8 Å². The Kier molecular flexibility index (Phi) is 4.46. The van der Waals surface area contributed by atoms with Gasteiger partial charge in [0.25, 0.3) is 0 Å². The van der Waals surface area contributed by atoms with Gasteiger partial charge in [0, 0.05) is 29.9 Å². The van der Waals surface area contributed by atoms with Crippen molar-refractivity contribution in [1.29, 1.82) is 0 Å². The molecule has 4 rings (SSSR count). The monoisotopic (exact) mass is 332 g/mol. The number of nitrogens with zero attached hydrogens (tertiary/aromatic N) is 4. The predicted octanol–water partition coefficient (Wildman–Crippen LogP) is 2.76. The van der Waals surface area contributed by atoms with Crippen LogP contribution in [0, 0.1) is 0 Å². The Labute approximate surface area is 141 Å². The van der Waals surface area contributed by atoms with E-state index in [0.717, 1.165) is 24.8 Å². The lowest BCUT2D eigenvalue weighted by Gasteiger charge is -2.23. The Hall–Kier alpha value is -1.24. The summed E-state index contributed by atoms with van der Waals surface area (Å²) in [5, 5.41) is 6.30. The second-order valence-corrected chi connectivity index (χ2v) is 7.84. The molecule has 2 aliphatic rings. The van der Waals surface area contributed by atoms with Crippen LogP contribution in [0.5, 0.6) is 0 Å². The molecule has 124 valence electrons. The third-order valence-electron chi connectivity index (χ3n) is 4.93. The first-order valence-electron chi connectivity index (χ1n) is 8.55. The van der Waals surface area contributed by atoms with Crippen LogP contribution in [-0.2, 0) is 13.0 Å². The molecule has 1 atom stereocenters. The second kappa shape index (κ2) is 6.71. The van der Waals surface area contributed by atoms with Gasteiger partial charge in [0.2, 0.25) is 5.89 Å². The highest BCUT2D eigenvalue weighted by Crippen LogP contribution is 2.38. The molecule has 1 saturated heterocycles. The molecule has 2 aromatic rings. The van der Waals surface area contributed by atoms with Crippen LogP contribution in [0.25, 0.3) is 0 Å². The first-order valence-corrected chi connectivity index (χ1v) is 9.43. The second-order valence-electron chi connectivity index (χ2n) is 6.81. The fourth-order valence-corrected chi connectivity index (χ4v) is 3.98. The Morgan fingerprint density at radius 3 is 3.09 bits per heavy atom. The standard InChI is InChI=1S/C17H24N4OS/c1-20(12-16-18-17(22-19-16)13-4-5-13)14-6-8-21(11-14)9-7-15-3-2-10-23-15/h2-3,10,13-14H,4-9,11-12H2,1H3/t14-/m1/s1. The molecule has 0 spiro atoms. The van der Waals surface area contributed by atoms with Gasteiger partial charge in [0.1, 0.15) is 0 Å². The van der Waals surface area contributed by atoms with Crippen molar-refractivity contribution >= 4 is 11.3 Å². The summed E-state index contributed by atoms with van der Waals surface area (Å²) in [6.45, 7) is 4.30. The van der Waals surface area contributed by atoms with Crippen LogP contribution in [0.15, 0.2) is 22.0 Å². The highest BCUT2D eigenvalue weighted by Gasteiger charge is 2.30. The van der Waals surface area contributed by atoms with E-state index in [1.165, 1.54) is 43.6 Å². The molecular formula is C17H24N4OS. The summed E-state index contributed by atoms with van der Waals surface area (Å²) in [6, 6.07) is 4.97. The largest absolute Gasteiger partial charge is 0.339 e. The molecule has 0 unspecified atom stereocenters. The number of rotatable bonds is 7. The van der Waals surface area contributed by atoms with Crippen LogP contribution in [0.4, 0.5) is 0 Å². The molecule has 23 heavy (non-hydrogen) atoms. The summed E-state index contributed by atoms with van der Waals surface area (Å²) in [4.78, 5) is 11.0. The average molecular weight is 332 g/mol. The number of hydrogen-bond donors (Lipinski definition) is 0. The third kappa shape index (κ3) is 3.82. The first kappa shape index (κ1) is 15.3. The van der Waals surface area contributed by atoms with E-state index in [4.69, 9.17) is 4.52 Å². The van der Waals surface area contributed by atoms with Crippen molar-refractivity contribution < 1.29 is 4.52 Å². The molecule has 5 nitrogen and oxygen atoms in total. The molecule has 1 saturated carbocycles. The van der Waals surface area contributed by atoms with Crippen LogP contribution < -0.4 is 0 Å². The molecule has 2 fully saturated rings. The Balaban J connectivity index is 1.24. The van der Waals surface area contributed by atoms with Crippen molar-refractivity contribution in [2.45, 2.75) is 44.2 Å². The van der Waals surface area contributed by atoms with Gasteiger partial charge >= 0.3 is 0 Å². The zero-order valence-electron chi connectivity index (χ0n) is 13.6. The fraction of sp³-hybridized carbons (Fsp3) is 0.647. The molecular weight excluding hydrogens is 308 g/mol. The van der Waals surface area contributed by atoms with Gasteiger partial charge in [-0.05, 0) is 50.7 Å². The van der Waals surface area contributed by atoms with E-state index < -0.39 is 0 Å². The van der Waals surface area contributed by atoms with Gasteiger partial charge in [0.05, 0.1) is 6.54 Å². The summed E-state index contributed by atoms with van der Waals surface area (Å²) >= 11 is 1.86. The molecule has 0 aromatic carbocycles. The maximum Gasteiger partial charge on any atom is 0.229 e. The minimum absolute atomic E-state index is 0.542. The SMILES string of the molecule is CN(Cc1noc(C2CC2)n1)[C@@H]1CCN(CCc2cccs2)C1. The Morgan fingerprint density at radius 1 is 1.39 bits per heavy atom. The van der Waals surface area contributed by atoms with Crippen molar-refractivity contribution in [3.63, 3.8) is 0 Å². The normalized spacial score (nSPS) is 22.3. The van der Waals surface area contributed by atoms with Crippen molar-refractivity contribution in [1.82, 2.24) is 19.9 Å². The van der Waals surface area contributed by atoms with Crippen LogP contribution in [0.2, 0.25) is 0 Å². The van der Waals surface area contributed by atoms with E-state index in [0.29, 0.717) is 12.0 Å². The van der Waals surface area contributed by atoms with Crippen molar-refractivity contribution in [2.24, 2.45) is 0 Å². The first-order chi connectivity index (χ1) is 11.3. The predicted molar refractivity (Wildman–Crippen MR) is 90.6 cm³/mol. The zero-order chi connectivity index (χ0) is 15.6. The summed E-state index contributed by atoms with van der Waals surface area (Å²) in [6.07, 6.45) is 4.82. The summed E-state index contributed by atoms with van der Waals surface area (Å²) in [5.74, 6) is 2.23. The van der Waals surface area contributed by atoms with Gasteiger partial charge in [-0.2, -0.15) is 4.98 Å². The molecule has 0 amide bonds. The minimum atomic E-state index is 0.542. The van der Waals surface area contributed by atoms with Crippen LogP contribution in [0.3, 0.4) is 0 Å². The number of hydrogen-bond acceptors (Lipinski definition) is 6. The lowest BCUT2D eigenvalue weighted by Crippen LogP contribution is -2.34. The lowest BCUT2D eigenvalue weighted by atomic mass is 10.2. The molecule has 1 aliphatic heterocycles. The molecule has 2 aromatic heterocycles. The number of thiophene rings is 1. The Morgan fingerprint density at radius 2 is 2.30 bits per heavy atom. The summed E-state index contributed by atoms with van der Waals surface area (Å²) in [7, 11) is 2.18. The van der Waals surface area contributed by atoms with E-state index in [2.05, 4.69) is 44.5 Å². The van der Waals surface area contributed by atoms with E-state index in [1.54, 1.807) is 0 Å². The van der Waals surface area contributed by atoms with Crippen LogP contribution >= 0.6 is 11.3 Å². The van der Waals surface area contributed by atoms with Gasteiger partial charge in [0.15, 0.2) is 5.82 Å². The van der Waals surface area contributed by atoms with E-state index >= 15 is 0 Å². The number of likely N-dealkylation sites (tertiary alicyclic amines) is 1. The maximum atomic E-state index is 5.36. The molecule has 0 radical (unpaired) electrons. The number of likely N-dealkylation sites (N-methyl/N-ethyl adjacent to an activating group) is 1. The summed E-state index contributed by atoms with van der Waals surface area (Å²) in [5.41, 5.74) is 0. The lowest BCUT2D eigenvalue weighted by molar-refractivity contribution is 0.218. The van der Waals surface area contributed by atoms with Gasteiger partial charge < -0.3 is 9.42 Å². The quantitative estimate of drug-likeness (QED) is 0.780. The number of aromatic nitrogens is 2. The molecule has 3 heterocycles. The molecule has 1 aliphatic carbocycles. The topological polar surface area (TPSA) is 45.4 Å². The van der Waals surface area contributed by atoms with Crippen molar-refractivity contribution in [3.8, 4) is 0 Å². The van der Waals surface area contributed by atoms with Gasteiger partial charge in [-0.25, -0.2) is 0 Å². The fourth-order valence-electron chi connectivity index (χ4n) is 3.28. The smallest absolute Gasteiger partial charge is 0.229 e. The van der Waals surface area contributed by atoms with E-state index in [-0.39, 0.29) is 0 Å². The average Bonchev–Trinajstić information content (AvgIpc) is 3.00. The maximum absolute atomic E-state index is 5.36. The molecule has 0 bridgehead atoms. The summed E-state index contributed by atoms with van der Waals surface area (Å²) < 4.78 is 5.36. The van der Waals surface area contributed by atoms with Gasteiger partial charge in [-0.1, -0.05) is 11.2 Å². The van der Waals surface area contributed by atoms with Gasteiger partial charge in [-0.3, -0.25) is 4.90 Å². The van der Waals surface area contributed by atoms with Crippen LogP contribution in [-0.4, -0.2) is 52.7 Å². The highest BCUT2D eigenvalue weighted by atomic mass is 32.1. The van der Waals surface area contributed by atoms with E-state index in [9.17, 15) is 0 Å². The van der Waals surface area contributed by atoms with Crippen molar-refractivity contribution in [3.05, 3.63) is 34.1 Å². The van der Waals surface area contributed by atoms with E-state index in [1.807, 2.05) is 11.3 Å². The highest BCUT2D eigenvalue weighted by molar-refractivity contribution is 7.09. The molecule has 6 heteroatoms. The van der Waals surface area contributed by atoms with Gasteiger partial charge in [-0.15, -0.1) is 11.3 Å². The Bertz CT molecular complexity index is 622. The third-order valence-corrected chi connectivity index (χ3v) is 5.86.